The van der Waals surface area contributed by atoms with Crippen LogP contribution in [-0.4, -0.2) is 25.3 Å². The van der Waals surface area contributed by atoms with E-state index in [0.29, 0.717) is 12.1 Å². The first-order valence-electron chi connectivity index (χ1n) is 8.12. The summed E-state index contributed by atoms with van der Waals surface area (Å²) in [5, 5.41) is 4.04. The maximum atomic E-state index is 5.65. The maximum absolute atomic E-state index is 5.65. The summed E-state index contributed by atoms with van der Waals surface area (Å²) >= 11 is 0. The standard InChI is InChI=1S/C16H27NO/c1-18-15-4-2-3-14(15)17-16-12-6-10-5-11(8-12)9-13(16)7-10/h10-17H,2-9H2,1H3. The molecular formula is C16H27NO. The van der Waals surface area contributed by atoms with Gasteiger partial charge in [0.2, 0.25) is 0 Å². The molecule has 0 aromatic carbocycles. The zero-order valence-corrected chi connectivity index (χ0v) is 11.6. The molecule has 0 spiro atoms. The quantitative estimate of drug-likeness (QED) is 0.830. The lowest BCUT2D eigenvalue weighted by Gasteiger charge is -2.55. The van der Waals surface area contributed by atoms with Crippen LogP contribution < -0.4 is 5.32 Å². The first kappa shape index (κ1) is 11.7. The third kappa shape index (κ3) is 1.84. The van der Waals surface area contributed by atoms with Crippen molar-refractivity contribution in [2.45, 2.75) is 69.6 Å². The van der Waals surface area contributed by atoms with Gasteiger partial charge in [-0.05, 0) is 75.0 Å². The van der Waals surface area contributed by atoms with Gasteiger partial charge in [-0.15, -0.1) is 0 Å². The largest absolute Gasteiger partial charge is 0.380 e. The molecule has 5 aliphatic carbocycles. The Morgan fingerprint density at radius 1 is 0.889 bits per heavy atom. The molecule has 4 bridgehead atoms. The van der Waals surface area contributed by atoms with Crippen LogP contribution in [0.1, 0.15) is 51.4 Å². The maximum Gasteiger partial charge on any atom is 0.0724 e. The average Bonchev–Trinajstić information content (AvgIpc) is 2.80. The Morgan fingerprint density at radius 3 is 2.17 bits per heavy atom. The molecule has 18 heavy (non-hydrogen) atoms. The zero-order chi connectivity index (χ0) is 12.1. The van der Waals surface area contributed by atoms with Crippen LogP contribution in [0, 0.1) is 23.7 Å². The van der Waals surface area contributed by atoms with Gasteiger partial charge in [-0.25, -0.2) is 0 Å². The predicted molar refractivity (Wildman–Crippen MR) is 72.4 cm³/mol. The molecule has 0 heterocycles. The number of nitrogens with one attached hydrogen (secondary N) is 1. The Labute approximate surface area is 111 Å². The van der Waals surface area contributed by atoms with Crippen LogP contribution in [0.5, 0.6) is 0 Å². The highest BCUT2D eigenvalue weighted by Gasteiger charge is 2.49. The average molecular weight is 249 g/mol. The Morgan fingerprint density at radius 2 is 1.56 bits per heavy atom. The molecule has 0 aromatic rings. The van der Waals surface area contributed by atoms with Crippen molar-refractivity contribution in [2.24, 2.45) is 23.7 Å². The van der Waals surface area contributed by atoms with E-state index in [9.17, 15) is 0 Å². The summed E-state index contributed by atoms with van der Waals surface area (Å²) < 4.78 is 5.65. The fourth-order valence-corrected chi connectivity index (χ4v) is 5.84. The normalized spacial score (nSPS) is 54.2. The molecule has 1 N–H and O–H groups in total. The molecule has 2 heteroatoms. The van der Waals surface area contributed by atoms with Crippen molar-refractivity contribution in [3.8, 4) is 0 Å². The van der Waals surface area contributed by atoms with Gasteiger partial charge in [0.05, 0.1) is 6.10 Å². The number of rotatable bonds is 3. The molecule has 0 aliphatic heterocycles. The van der Waals surface area contributed by atoms with Gasteiger partial charge >= 0.3 is 0 Å². The molecule has 5 aliphatic rings. The second kappa shape index (κ2) is 4.49. The van der Waals surface area contributed by atoms with E-state index >= 15 is 0 Å². The van der Waals surface area contributed by atoms with Gasteiger partial charge in [0.1, 0.15) is 0 Å². The molecule has 2 atom stereocenters. The number of hydrogen-bond donors (Lipinski definition) is 1. The summed E-state index contributed by atoms with van der Waals surface area (Å²) in [5.41, 5.74) is 0. The van der Waals surface area contributed by atoms with E-state index in [1.165, 1.54) is 44.9 Å². The van der Waals surface area contributed by atoms with Gasteiger partial charge in [-0.2, -0.15) is 0 Å². The fourth-order valence-electron chi connectivity index (χ4n) is 5.84. The van der Waals surface area contributed by atoms with Crippen molar-refractivity contribution in [2.75, 3.05) is 7.11 Å². The molecule has 2 unspecified atom stereocenters. The van der Waals surface area contributed by atoms with Gasteiger partial charge < -0.3 is 10.1 Å². The van der Waals surface area contributed by atoms with Gasteiger partial charge in [0.15, 0.2) is 0 Å². The number of hydrogen-bond acceptors (Lipinski definition) is 2. The smallest absolute Gasteiger partial charge is 0.0724 e. The Bertz CT molecular complexity index is 288. The summed E-state index contributed by atoms with van der Waals surface area (Å²) in [6.07, 6.45) is 12.1. The van der Waals surface area contributed by atoms with Crippen molar-refractivity contribution in [1.29, 1.82) is 0 Å². The number of methoxy groups -OCH3 is 1. The van der Waals surface area contributed by atoms with E-state index in [2.05, 4.69) is 5.32 Å². The first-order valence-corrected chi connectivity index (χ1v) is 8.12. The summed E-state index contributed by atoms with van der Waals surface area (Å²) in [4.78, 5) is 0. The molecule has 0 aromatic heterocycles. The van der Waals surface area contributed by atoms with Crippen LogP contribution in [-0.2, 0) is 4.74 Å². The van der Waals surface area contributed by atoms with E-state index in [4.69, 9.17) is 4.74 Å². The minimum Gasteiger partial charge on any atom is -0.380 e. The van der Waals surface area contributed by atoms with Crippen molar-refractivity contribution in [3.05, 3.63) is 0 Å². The van der Waals surface area contributed by atoms with Crippen LogP contribution in [0.2, 0.25) is 0 Å². The highest BCUT2D eigenvalue weighted by molar-refractivity contribution is 5.03. The van der Waals surface area contributed by atoms with Gasteiger partial charge in [0.25, 0.3) is 0 Å². The molecule has 0 amide bonds. The van der Waals surface area contributed by atoms with Crippen LogP contribution in [0.3, 0.4) is 0 Å². The second-order valence-corrected chi connectivity index (χ2v) is 7.43. The van der Waals surface area contributed by atoms with Gasteiger partial charge in [-0.3, -0.25) is 0 Å². The van der Waals surface area contributed by atoms with E-state index < -0.39 is 0 Å². The van der Waals surface area contributed by atoms with Crippen molar-refractivity contribution < 1.29 is 4.74 Å². The Kier molecular flexibility index (Phi) is 2.92. The number of ether oxygens (including phenoxy) is 1. The van der Waals surface area contributed by atoms with Crippen LogP contribution in [0.25, 0.3) is 0 Å². The summed E-state index contributed by atoms with van der Waals surface area (Å²) in [5.74, 6) is 4.18. The lowest BCUT2D eigenvalue weighted by molar-refractivity contribution is -0.0258. The van der Waals surface area contributed by atoms with E-state index in [1.807, 2.05) is 7.11 Å². The van der Waals surface area contributed by atoms with Crippen LogP contribution >= 0.6 is 0 Å². The van der Waals surface area contributed by atoms with E-state index in [1.54, 1.807) is 6.42 Å². The minimum atomic E-state index is 0.488. The first-order chi connectivity index (χ1) is 8.83. The van der Waals surface area contributed by atoms with Gasteiger partial charge in [0, 0.05) is 19.2 Å². The lowest BCUT2D eigenvalue weighted by Crippen LogP contribution is -2.57. The van der Waals surface area contributed by atoms with E-state index in [0.717, 1.165) is 29.7 Å². The summed E-state index contributed by atoms with van der Waals surface area (Å²) in [6, 6.07) is 1.48. The van der Waals surface area contributed by atoms with Crippen molar-refractivity contribution in [3.63, 3.8) is 0 Å². The SMILES string of the molecule is COC1CCCC1NC1C2CC3CC(C2)CC1C3. The van der Waals surface area contributed by atoms with Gasteiger partial charge in [-0.1, -0.05) is 0 Å². The van der Waals surface area contributed by atoms with Crippen LogP contribution in [0.15, 0.2) is 0 Å². The van der Waals surface area contributed by atoms with Crippen LogP contribution in [0.4, 0.5) is 0 Å². The highest BCUT2D eigenvalue weighted by Crippen LogP contribution is 2.54. The van der Waals surface area contributed by atoms with Crippen molar-refractivity contribution in [1.82, 2.24) is 5.32 Å². The molecule has 0 radical (unpaired) electrons. The molecule has 5 saturated carbocycles. The molecule has 102 valence electrons. The molecule has 2 nitrogen and oxygen atoms in total. The van der Waals surface area contributed by atoms with E-state index in [-0.39, 0.29) is 0 Å². The van der Waals surface area contributed by atoms with Crippen molar-refractivity contribution >= 4 is 0 Å². The Balaban J connectivity index is 1.45. The summed E-state index contributed by atoms with van der Waals surface area (Å²) in [7, 11) is 1.89. The monoisotopic (exact) mass is 249 g/mol. The zero-order valence-electron chi connectivity index (χ0n) is 11.6. The molecular weight excluding hydrogens is 222 g/mol. The summed E-state index contributed by atoms with van der Waals surface area (Å²) in [6.45, 7) is 0. The minimum absolute atomic E-state index is 0.488. The molecule has 5 fully saturated rings. The fraction of sp³-hybridized carbons (Fsp3) is 1.00. The molecule has 0 saturated heterocycles. The third-order valence-electron chi connectivity index (χ3n) is 6.39. The topological polar surface area (TPSA) is 21.3 Å². The highest BCUT2D eigenvalue weighted by atomic mass is 16.5. The predicted octanol–water partition coefficient (Wildman–Crippen LogP) is 2.97. The lowest BCUT2D eigenvalue weighted by atomic mass is 9.54. The third-order valence-corrected chi connectivity index (χ3v) is 6.39. The second-order valence-electron chi connectivity index (χ2n) is 7.43. The molecule has 5 rings (SSSR count). The Hall–Kier alpha value is -0.0800.